The Hall–Kier alpha value is -1.02. The van der Waals surface area contributed by atoms with Crippen LogP contribution in [-0.4, -0.2) is 19.2 Å². The van der Waals surface area contributed by atoms with Crippen molar-refractivity contribution >= 4 is 0 Å². The van der Waals surface area contributed by atoms with Crippen LogP contribution in [0.15, 0.2) is 24.3 Å². The van der Waals surface area contributed by atoms with Gasteiger partial charge in [0, 0.05) is 6.04 Å². The molecule has 1 fully saturated rings. The summed E-state index contributed by atoms with van der Waals surface area (Å²) in [6, 6.07) is 8.93. The Morgan fingerprint density at radius 2 is 2.40 bits per heavy atom. The molecular weight excluding hydrogens is 186 g/mol. The van der Waals surface area contributed by atoms with Gasteiger partial charge in [-0.15, -0.1) is 0 Å². The second kappa shape index (κ2) is 5.17. The topological polar surface area (TPSA) is 21.3 Å². The summed E-state index contributed by atoms with van der Waals surface area (Å²) in [5, 5.41) is 3.43. The Morgan fingerprint density at radius 1 is 1.47 bits per heavy atom. The number of ether oxygens (including phenoxy) is 1. The molecule has 1 atom stereocenters. The molecule has 0 amide bonds. The van der Waals surface area contributed by atoms with Gasteiger partial charge in [-0.1, -0.05) is 19.1 Å². The molecule has 1 aromatic carbocycles. The normalized spacial score (nSPS) is 20.5. The number of hydrogen-bond donors (Lipinski definition) is 1. The van der Waals surface area contributed by atoms with E-state index in [4.69, 9.17) is 4.74 Å². The van der Waals surface area contributed by atoms with E-state index in [9.17, 15) is 0 Å². The fourth-order valence-electron chi connectivity index (χ4n) is 1.95. The average Bonchev–Trinajstić information content (AvgIpc) is 2.79. The number of hydrogen-bond acceptors (Lipinski definition) is 2. The molecule has 0 bridgehead atoms. The summed E-state index contributed by atoms with van der Waals surface area (Å²) in [6.07, 6.45) is 3.59. The summed E-state index contributed by atoms with van der Waals surface area (Å²) in [4.78, 5) is 0. The summed E-state index contributed by atoms with van der Waals surface area (Å²) in [6.45, 7) is 4.10. The summed E-state index contributed by atoms with van der Waals surface area (Å²) >= 11 is 0. The van der Waals surface area contributed by atoms with Crippen LogP contribution in [0.25, 0.3) is 0 Å². The molecule has 2 heteroatoms. The summed E-state index contributed by atoms with van der Waals surface area (Å²) < 4.78 is 5.77. The molecule has 2 rings (SSSR count). The minimum absolute atomic E-state index is 0.551. The van der Waals surface area contributed by atoms with Gasteiger partial charge in [0.05, 0.1) is 0 Å². The monoisotopic (exact) mass is 205 g/mol. The van der Waals surface area contributed by atoms with Gasteiger partial charge in [-0.2, -0.15) is 0 Å². The zero-order chi connectivity index (χ0) is 10.5. The van der Waals surface area contributed by atoms with Crippen LogP contribution in [0.2, 0.25) is 0 Å². The van der Waals surface area contributed by atoms with Gasteiger partial charge in [0.2, 0.25) is 0 Å². The van der Waals surface area contributed by atoms with Crippen LogP contribution in [0.1, 0.15) is 25.3 Å². The quantitative estimate of drug-likeness (QED) is 0.815. The third kappa shape index (κ3) is 2.96. The van der Waals surface area contributed by atoms with E-state index < -0.39 is 0 Å². The maximum absolute atomic E-state index is 5.77. The van der Waals surface area contributed by atoms with Crippen LogP contribution in [0.4, 0.5) is 0 Å². The van der Waals surface area contributed by atoms with Crippen molar-refractivity contribution in [1.29, 1.82) is 0 Å². The number of nitrogens with one attached hydrogen (secondary N) is 1. The lowest BCUT2D eigenvalue weighted by atomic mass is 10.2. The van der Waals surface area contributed by atoms with Gasteiger partial charge in [0.1, 0.15) is 12.4 Å². The predicted octanol–water partition coefficient (Wildman–Crippen LogP) is 2.38. The molecule has 82 valence electrons. The van der Waals surface area contributed by atoms with Crippen molar-refractivity contribution in [2.45, 2.75) is 32.2 Å². The number of aryl methyl sites for hydroxylation is 1. The SMILES string of the molecule is CCc1cccc(OC[C@H]2CCCN2)c1. The molecule has 2 nitrogen and oxygen atoms in total. The van der Waals surface area contributed by atoms with Crippen molar-refractivity contribution in [2.24, 2.45) is 0 Å². The van der Waals surface area contributed by atoms with Crippen LogP contribution in [0, 0.1) is 0 Å². The smallest absolute Gasteiger partial charge is 0.119 e. The fourth-order valence-corrected chi connectivity index (χ4v) is 1.95. The maximum Gasteiger partial charge on any atom is 0.119 e. The fraction of sp³-hybridized carbons (Fsp3) is 0.538. The van der Waals surface area contributed by atoms with E-state index in [2.05, 4.69) is 30.4 Å². The second-order valence-electron chi connectivity index (χ2n) is 4.11. The van der Waals surface area contributed by atoms with Crippen LogP contribution in [0.5, 0.6) is 5.75 Å². The van der Waals surface area contributed by atoms with Crippen LogP contribution in [-0.2, 0) is 6.42 Å². The van der Waals surface area contributed by atoms with E-state index >= 15 is 0 Å². The maximum atomic E-state index is 5.77. The molecule has 1 saturated heterocycles. The first-order chi connectivity index (χ1) is 7.38. The summed E-state index contributed by atoms with van der Waals surface area (Å²) in [7, 11) is 0. The molecule has 1 aliphatic heterocycles. The molecule has 1 heterocycles. The standard InChI is InChI=1S/C13H19NO/c1-2-11-5-3-7-13(9-11)15-10-12-6-4-8-14-12/h3,5,7,9,12,14H,2,4,6,8,10H2,1H3/t12-/m1/s1. The van der Waals surface area contributed by atoms with E-state index in [1.807, 2.05) is 6.07 Å². The predicted molar refractivity (Wildman–Crippen MR) is 62.3 cm³/mol. The molecule has 1 N–H and O–H groups in total. The highest BCUT2D eigenvalue weighted by atomic mass is 16.5. The second-order valence-corrected chi connectivity index (χ2v) is 4.11. The van der Waals surface area contributed by atoms with Gasteiger partial charge in [-0.3, -0.25) is 0 Å². The van der Waals surface area contributed by atoms with Gasteiger partial charge in [-0.25, -0.2) is 0 Å². The van der Waals surface area contributed by atoms with E-state index in [1.54, 1.807) is 0 Å². The van der Waals surface area contributed by atoms with Crippen LogP contribution in [0.3, 0.4) is 0 Å². The molecule has 0 saturated carbocycles. The van der Waals surface area contributed by atoms with Crippen LogP contribution < -0.4 is 10.1 Å². The highest BCUT2D eigenvalue weighted by molar-refractivity contribution is 5.28. The lowest BCUT2D eigenvalue weighted by Crippen LogP contribution is -2.28. The first-order valence-corrected chi connectivity index (χ1v) is 5.83. The molecule has 0 aromatic heterocycles. The van der Waals surface area contributed by atoms with Crippen molar-refractivity contribution in [3.05, 3.63) is 29.8 Å². The highest BCUT2D eigenvalue weighted by Crippen LogP contribution is 2.15. The van der Waals surface area contributed by atoms with E-state index in [-0.39, 0.29) is 0 Å². The lowest BCUT2D eigenvalue weighted by Gasteiger charge is -2.12. The van der Waals surface area contributed by atoms with Gasteiger partial charge in [0.15, 0.2) is 0 Å². The van der Waals surface area contributed by atoms with Crippen molar-refractivity contribution < 1.29 is 4.74 Å². The van der Waals surface area contributed by atoms with Crippen molar-refractivity contribution in [3.8, 4) is 5.75 Å². The van der Waals surface area contributed by atoms with Crippen LogP contribution >= 0.6 is 0 Å². The Kier molecular flexibility index (Phi) is 3.62. The molecule has 15 heavy (non-hydrogen) atoms. The van der Waals surface area contributed by atoms with Crippen molar-refractivity contribution in [2.75, 3.05) is 13.2 Å². The first-order valence-electron chi connectivity index (χ1n) is 5.83. The third-order valence-corrected chi connectivity index (χ3v) is 2.92. The molecular formula is C13H19NO. The largest absolute Gasteiger partial charge is 0.492 e. The zero-order valence-corrected chi connectivity index (χ0v) is 9.33. The molecule has 0 unspecified atom stereocenters. The average molecular weight is 205 g/mol. The minimum atomic E-state index is 0.551. The zero-order valence-electron chi connectivity index (χ0n) is 9.33. The summed E-state index contributed by atoms with van der Waals surface area (Å²) in [5.74, 6) is 1.00. The Labute approximate surface area is 91.6 Å². The highest BCUT2D eigenvalue weighted by Gasteiger charge is 2.14. The summed E-state index contributed by atoms with van der Waals surface area (Å²) in [5.41, 5.74) is 1.34. The molecule has 1 aromatic rings. The minimum Gasteiger partial charge on any atom is -0.492 e. The van der Waals surface area contributed by atoms with E-state index in [1.165, 1.54) is 18.4 Å². The third-order valence-electron chi connectivity index (χ3n) is 2.92. The Bertz CT molecular complexity index is 305. The number of benzene rings is 1. The molecule has 1 aliphatic rings. The van der Waals surface area contributed by atoms with Gasteiger partial charge >= 0.3 is 0 Å². The Morgan fingerprint density at radius 3 is 3.13 bits per heavy atom. The van der Waals surface area contributed by atoms with Crippen molar-refractivity contribution in [1.82, 2.24) is 5.32 Å². The van der Waals surface area contributed by atoms with Gasteiger partial charge in [0.25, 0.3) is 0 Å². The van der Waals surface area contributed by atoms with Crippen molar-refractivity contribution in [3.63, 3.8) is 0 Å². The Balaban J connectivity index is 1.86. The van der Waals surface area contributed by atoms with E-state index in [0.717, 1.165) is 25.3 Å². The van der Waals surface area contributed by atoms with E-state index in [0.29, 0.717) is 6.04 Å². The molecule has 0 radical (unpaired) electrons. The molecule has 0 aliphatic carbocycles. The lowest BCUT2D eigenvalue weighted by molar-refractivity contribution is 0.277. The first kappa shape index (κ1) is 10.5. The number of rotatable bonds is 4. The van der Waals surface area contributed by atoms with Gasteiger partial charge < -0.3 is 10.1 Å². The molecule has 0 spiro atoms. The van der Waals surface area contributed by atoms with Gasteiger partial charge in [-0.05, 0) is 43.5 Å².